The highest BCUT2D eigenvalue weighted by Crippen LogP contribution is 2.68. The maximum Gasteiger partial charge on any atom is 0.293 e. The Balaban J connectivity index is 1.29. The van der Waals surface area contributed by atoms with Crippen LogP contribution >= 0.6 is 11.6 Å². The molecule has 2 aliphatic carbocycles. The van der Waals surface area contributed by atoms with Crippen molar-refractivity contribution in [2.75, 3.05) is 18.1 Å². The van der Waals surface area contributed by atoms with E-state index in [1.165, 1.54) is 61.3 Å². The number of hydrogen-bond acceptors (Lipinski definition) is 9. The molecule has 2 aliphatic rings. The lowest BCUT2D eigenvalue weighted by Crippen LogP contribution is -2.38. The van der Waals surface area contributed by atoms with Gasteiger partial charge in [-0.3, -0.25) is 28.2 Å². The maximum absolute atomic E-state index is 15.5. The van der Waals surface area contributed by atoms with Crippen LogP contribution in [0.3, 0.4) is 0 Å². The van der Waals surface area contributed by atoms with E-state index < -0.39 is 99.3 Å². The average molecular weight is 930 g/mol. The van der Waals surface area contributed by atoms with Crippen LogP contribution in [0.2, 0.25) is 5.02 Å². The van der Waals surface area contributed by atoms with Crippen molar-refractivity contribution < 1.29 is 48.7 Å². The van der Waals surface area contributed by atoms with Gasteiger partial charge in [-0.1, -0.05) is 29.8 Å². The standard InChI is InChI=1S/C41H31ClF7N9O5S/c1-56-33-28(9-8-25(42)31(33)37(54-56)55-64(3,61)62)58-38(51-36-23(40(58)60)14-21(39(52-36)63-2)20-6-4-5-7-26(20)45)27(12-17-10-18(43)13-19(44)11-17)50-29(59)16-57-34-30(32(53-57)35(46)47)22-15-24(22)41(34,48)49/h4-11,13-14,22,24,27,35H,12,15-16H2,1-3H3,(H,50,59)(H,54,55)/t22?,24?,27-/m0/s1. The van der Waals surface area contributed by atoms with Crippen LogP contribution in [0.15, 0.2) is 65.5 Å². The van der Waals surface area contributed by atoms with Gasteiger partial charge < -0.3 is 10.1 Å². The molecule has 3 aromatic carbocycles. The summed E-state index contributed by atoms with van der Waals surface area (Å²) >= 11 is 6.63. The zero-order chi connectivity index (χ0) is 45.7. The molecular weight excluding hydrogens is 899 g/mol. The first kappa shape index (κ1) is 42.7. The molecule has 2 unspecified atom stereocenters. The van der Waals surface area contributed by atoms with E-state index in [1.807, 2.05) is 0 Å². The van der Waals surface area contributed by atoms with E-state index in [0.29, 0.717) is 10.7 Å². The molecule has 9 rings (SSSR count). The highest BCUT2D eigenvalue weighted by molar-refractivity contribution is 7.92. The van der Waals surface area contributed by atoms with E-state index >= 15 is 18.0 Å². The van der Waals surface area contributed by atoms with Gasteiger partial charge in [-0.05, 0) is 54.3 Å². The topological polar surface area (TPSA) is 168 Å². The molecule has 1 amide bonds. The number of alkyl halides is 4. The van der Waals surface area contributed by atoms with E-state index in [2.05, 4.69) is 30.2 Å². The summed E-state index contributed by atoms with van der Waals surface area (Å²) in [4.78, 5) is 38.5. The van der Waals surface area contributed by atoms with Crippen LogP contribution in [0.1, 0.15) is 53.1 Å². The molecule has 0 spiro atoms. The van der Waals surface area contributed by atoms with Crippen LogP contribution in [-0.4, -0.2) is 61.8 Å². The number of ether oxygens (including phenoxy) is 1. The van der Waals surface area contributed by atoms with Crippen LogP contribution in [-0.2, 0) is 40.8 Å². The summed E-state index contributed by atoms with van der Waals surface area (Å²) in [6.45, 7) is -1.04. The number of aromatic nitrogens is 7. The zero-order valence-electron chi connectivity index (χ0n) is 33.3. The lowest BCUT2D eigenvalue weighted by Gasteiger charge is -2.24. The lowest BCUT2D eigenvalue weighted by molar-refractivity contribution is -0.123. The number of carbonyl (C=O) groups is 1. The molecule has 14 nitrogen and oxygen atoms in total. The smallest absolute Gasteiger partial charge is 0.293 e. The first-order valence-corrected chi connectivity index (χ1v) is 21.4. The van der Waals surface area contributed by atoms with E-state index in [1.54, 1.807) is 0 Å². The summed E-state index contributed by atoms with van der Waals surface area (Å²) in [7, 11) is -1.33. The monoisotopic (exact) mass is 929 g/mol. The number of hydrogen-bond donors (Lipinski definition) is 2. The Morgan fingerprint density at radius 1 is 1.02 bits per heavy atom. The SMILES string of the molecule is COc1nc2nc([C@H](Cc3cc(F)cc(F)c3)NC(=O)Cn3nc(C(F)F)c4c3C(F)(F)C3CC43)n(-c3ccc(Cl)c4c(NS(C)(=O)=O)nn(C)c34)c(=O)c2cc1-c1ccccc1F. The van der Waals surface area contributed by atoms with Crippen molar-refractivity contribution in [3.8, 4) is 22.7 Å². The second kappa shape index (κ2) is 15.3. The Kier molecular flexibility index (Phi) is 10.2. The highest BCUT2D eigenvalue weighted by atomic mass is 35.5. The highest BCUT2D eigenvalue weighted by Gasteiger charge is 2.67. The second-order valence-corrected chi connectivity index (χ2v) is 17.6. The summed E-state index contributed by atoms with van der Waals surface area (Å²) in [5.41, 5.74) is -3.47. The number of rotatable bonds is 12. The van der Waals surface area contributed by atoms with Gasteiger partial charge in [0, 0.05) is 42.1 Å². The third-order valence-electron chi connectivity index (χ3n) is 11.1. The molecule has 4 aromatic heterocycles. The largest absolute Gasteiger partial charge is 0.480 e. The lowest BCUT2D eigenvalue weighted by atomic mass is 10.0. The molecule has 0 radical (unpaired) electrons. The molecule has 2 N–H and O–H groups in total. The molecule has 1 fully saturated rings. The fraction of sp³-hybridized carbons (Fsp3) is 0.268. The van der Waals surface area contributed by atoms with E-state index in [0.717, 1.165) is 23.0 Å². The molecule has 7 aromatic rings. The molecular formula is C41H31ClF7N9O5S. The van der Waals surface area contributed by atoms with Crippen molar-refractivity contribution in [1.29, 1.82) is 0 Å². The molecule has 4 heterocycles. The van der Waals surface area contributed by atoms with Gasteiger partial charge in [0.15, 0.2) is 11.5 Å². The number of sulfonamides is 1. The van der Waals surface area contributed by atoms with Gasteiger partial charge in [0.05, 0.1) is 46.4 Å². The second-order valence-electron chi connectivity index (χ2n) is 15.4. The normalized spacial score (nSPS) is 16.9. The van der Waals surface area contributed by atoms with Crippen LogP contribution in [0, 0.1) is 23.4 Å². The minimum absolute atomic E-state index is 0.000856. The predicted octanol–water partition coefficient (Wildman–Crippen LogP) is 7.23. The predicted molar refractivity (Wildman–Crippen MR) is 218 cm³/mol. The number of nitrogens with one attached hydrogen (secondary N) is 2. The number of carbonyl (C=O) groups excluding carboxylic acids is 1. The molecule has 332 valence electrons. The van der Waals surface area contributed by atoms with Crippen LogP contribution in [0.25, 0.3) is 38.8 Å². The number of amides is 1. The molecule has 0 bridgehead atoms. The fourth-order valence-corrected chi connectivity index (χ4v) is 9.25. The van der Waals surface area contributed by atoms with Gasteiger partial charge in [-0.2, -0.15) is 24.0 Å². The number of pyridine rings is 1. The van der Waals surface area contributed by atoms with E-state index in [-0.39, 0.29) is 73.0 Å². The summed E-state index contributed by atoms with van der Waals surface area (Å²) < 4.78 is 139. The summed E-state index contributed by atoms with van der Waals surface area (Å²) in [6.07, 6.45) is -2.95. The van der Waals surface area contributed by atoms with Crippen LogP contribution < -0.4 is 20.3 Å². The number of aryl methyl sites for hydroxylation is 1. The summed E-state index contributed by atoms with van der Waals surface area (Å²) in [5.74, 6) is -10.4. The van der Waals surface area contributed by atoms with Gasteiger partial charge in [0.1, 0.15) is 41.2 Å². The fourth-order valence-electron chi connectivity index (χ4n) is 8.52. The Labute approximate surface area is 361 Å². The van der Waals surface area contributed by atoms with E-state index in [4.69, 9.17) is 16.3 Å². The first-order valence-electron chi connectivity index (χ1n) is 19.2. The van der Waals surface area contributed by atoms with Gasteiger partial charge in [0.25, 0.3) is 17.9 Å². The Morgan fingerprint density at radius 2 is 1.73 bits per heavy atom. The van der Waals surface area contributed by atoms with Crippen LogP contribution in [0.5, 0.6) is 5.88 Å². The van der Waals surface area contributed by atoms with Crippen LogP contribution in [0.4, 0.5) is 36.6 Å². The summed E-state index contributed by atoms with van der Waals surface area (Å²) in [5, 5.41) is 10.3. The third-order valence-corrected chi connectivity index (χ3v) is 12.0. The minimum Gasteiger partial charge on any atom is -0.480 e. The van der Waals surface area contributed by atoms with Gasteiger partial charge in [0.2, 0.25) is 21.8 Å². The average Bonchev–Trinajstić information content (AvgIpc) is 3.75. The van der Waals surface area contributed by atoms with Crippen molar-refractivity contribution in [2.24, 2.45) is 13.0 Å². The molecule has 23 heteroatoms. The quantitative estimate of drug-likeness (QED) is 0.120. The first-order chi connectivity index (χ1) is 30.2. The van der Waals surface area contributed by atoms with Crippen molar-refractivity contribution in [3.05, 3.63) is 122 Å². The molecule has 1 saturated carbocycles. The van der Waals surface area contributed by atoms with Crippen molar-refractivity contribution >= 4 is 55.3 Å². The summed E-state index contributed by atoms with van der Waals surface area (Å²) in [6, 6.07) is 10.3. The Morgan fingerprint density at radius 3 is 2.41 bits per heavy atom. The van der Waals surface area contributed by atoms with Gasteiger partial charge >= 0.3 is 0 Å². The number of fused-ring (bicyclic) bond motifs is 5. The van der Waals surface area contributed by atoms with Gasteiger partial charge in [-0.25, -0.2) is 35.4 Å². The van der Waals surface area contributed by atoms with Crippen molar-refractivity contribution in [1.82, 2.24) is 39.4 Å². The molecule has 3 atom stereocenters. The number of anilines is 1. The molecule has 64 heavy (non-hydrogen) atoms. The van der Waals surface area contributed by atoms with E-state index in [9.17, 15) is 30.8 Å². The number of halogens is 8. The zero-order valence-corrected chi connectivity index (χ0v) is 34.9. The molecule has 0 aliphatic heterocycles. The number of methoxy groups -OCH3 is 1. The van der Waals surface area contributed by atoms with Crippen molar-refractivity contribution in [2.45, 2.75) is 43.7 Å². The minimum atomic E-state index is -3.97. The Bertz CT molecular complexity index is 3270. The molecule has 0 saturated heterocycles. The van der Waals surface area contributed by atoms with Gasteiger partial charge in [-0.15, -0.1) is 0 Å². The number of benzene rings is 3. The third kappa shape index (κ3) is 7.26. The van der Waals surface area contributed by atoms with Crippen molar-refractivity contribution in [3.63, 3.8) is 0 Å². The Hall–Kier alpha value is -6.55. The maximum atomic E-state index is 15.5. The number of nitrogens with zero attached hydrogens (tertiary/aromatic N) is 7.